The minimum Gasteiger partial charge on any atom is -0.490 e. The van der Waals surface area contributed by atoms with Gasteiger partial charge >= 0.3 is 0 Å². The summed E-state index contributed by atoms with van der Waals surface area (Å²) in [6.07, 6.45) is 7.44. The molecule has 0 spiro atoms. The van der Waals surface area contributed by atoms with Crippen LogP contribution >= 0.6 is 0 Å². The van der Waals surface area contributed by atoms with Crippen molar-refractivity contribution < 1.29 is 18.7 Å². The number of anilines is 3. The van der Waals surface area contributed by atoms with Crippen molar-refractivity contribution in [3.05, 3.63) is 108 Å². The molecule has 1 amide bonds. The Morgan fingerprint density at radius 1 is 1.00 bits per heavy atom. The maximum Gasteiger partial charge on any atom is 0.262 e. The Balaban J connectivity index is 1.16. The van der Waals surface area contributed by atoms with Crippen molar-refractivity contribution in [2.24, 2.45) is 0 Å². The topological polar surface area (TPSA) is 110 Å². The maximum atomic E-state index is 15.0. The number of nitrogens with one attached hydrogen (secondary N) is 2. The normalized spacial score (nSPS) is 13.7. The van der Waals surface area contributed by atoms with Gasteiger partial charge in [-0.2, -0.15) is 4.98 Å². The van der Waals surface area contributed by atoms with Crippen LogP contribution in [0.4, 0.5) is 21.7 Å². The lowest BCUT2D eigenvalue weighted by atomic mass is 10.1. The summed E-state index contributed by atoms with van der Waals surface area (Å²) in [6, 6.07) is 17.7. The second-order valence-corrected chi connectivity index (χ2v) is 11.8. The van der Waals surface area contributed by atoms with E-state index in [-0.39, 0.29) is 23.1 Å². The molecule has 0 atom stereocenters. The molecule has 248 valence electrons. The second-order valence-electron chi connectivity index (χ2n) is 11.8. The Kier molecular flexibility index (Phi) is 10.2. The van der Waals surface area contributed by atoms with E-state index in [4.69, 9.17) is 9.47 Å². The van der Waals surface area contributed by atoms with Crippen LogP contribution in [0.25, 0.3) is 5.69 Å². The number of aryl methyl sites for hydroxylation is 2. The number of hydrogen-bond donors (Lipinski definition) is 2. The van der Waals surface area contributed by atoms with Crippen molar-refractivity contribution in [3.63, 3.8) is 0 Å². The van der Waals surface area contributed by atoms with Gasteiger partial charge in [0.2, 0.25) is 11.8 Å². The van der Waals surface area contributed by atoms with E-state index in [1.807, 2.05) is 54.9 Å². The lowest BCUT2D eigenvalue weighted by Gasteiger charge is -2.32. The molecule has 0 radical (unpaired) electrons. The van der Waals surface area contributed by atoms with Gasteiger partial charge in [-0.3, -0.25) is 4.79 Å². The fraction of sp³-hybridized carbons (Fsp3) is 0.278. The first kappa shape index (κ1) is 32.6. The Labute approximate surface area is 279 Å². The van der Waals surface area contributed by atoms with Crippen LogP contribution in [0.2, 0.25) is 0 Å². The van der Waals surface area contributed by atoms with Crippen molar-refractivity contribution >= 4 is 23.2 Å². The highest BCUT2D eigenvalue weighted by molar-refractivity contribution is 6.06. The Hall–Kier alpha value is -5.33. The Morgan fingerprint density at radius 3 is 2.48 bits per heavy atom. The van der Waals surface area contributed by atoms with Gasteiger partial charge in [-0.1, -0.05) is 18.2 Å². The standard InChI is InChI=1S/C36H39FN8O3/c1-25-6-4-7-26(2)33(25)41-34(46)30-23-39-36(42-35(30)48-29-11-9-28(10-12-29)45-16-14-38-24-45)40-27-8-13-32(31(37)22-27)47-21-5-15-44-19-17-43(3)18-20-44/h4,6-14,16,22-24H,5,15,17-21H2,1-3H3,(H,41,46)(H,39,40,42). The maximum absolute atomic E-state index is 15.0. The minimum absolute atomic E-state index is 0.0346. The number of carbonyl (C=O) groups is 1. The zero-order valence-corrected chi connectivity index (χ0v) is 27.3. The molecule has 12 heteroatoms. The summed E-state index contributed by atoms with van der Waals surface area (Å²) in [5.74, 6) is -0.120. The van der Waals surface area contributed by atoms with Crippen LogP contribution in [-0.2, 0) is 0 Å². The third-order valence-corrected chi connectivity index (χ3v) is 8.23. The van der Waals surface area contributed by atoms with Gasteiger partial charge in [-0.05, 0) is 74.8 Å². The van der Waals surface area contributed by atoms with E-state index in [9.17, 15) is 4.79 Å². The van der Waals surface area contributed by atoms with E-state index in [1.165, 1.54) is 12.3 Å². The molecule has 2 aromatic heterocycles. The van der Waals surface area contributed by atoms with E-state index in [2.05, 4.69) is 42.4 Å². The van der Waals surface area contributed by atoms with Crippen molar-refractivity contribution in [2.45, 2.75) is 20.3 Å². The van der Waals surface area contributed by atoms with Crippen molar-refractivity contribution in [1.29, 1.82) is 0 Å². The van der Waals surface area contributed by atoms with Gasteiger partial charge in [-0.15, -0.1) is 0 Å². The number of imidazole rings is 1. The number of amides is 1. The van der Waals surface area contributed by atoms with E-state index in [0.29, 0.717) is 23.7 Å². The van der Waals surface area contributed by atoms with Crippen LogP contribution in [0.3, 0.4) is 0 Å². The largest absolute Gasteiger partial charge is 0.490 e. The first-order chi connectivity index (χ1) is 23.3. The zero-order valence-electron chi connectivity index (χ0n) is 27.3. The van der Waals surface area contributed by atoms with Gasteiger partial charge in [0.15, 0.2) is 11.6 Å². The summed E-state index contributed by atoms with van der Waals surface area (Å²) in [5.41, 5.74) is 3.99. The number of ether oxygens (including phenoxy) is 2. The molecule has 1 aliphatic heterocycles. The number of aromatic nitrogens is 4. The number of benzene rings is 3. The van der Waals surface area contributed by atoms with Crippen LogP contribution in [0, 0.1) is 19.7 Å². The number of hydrogen-bond acceptors (Lipinski definition) is 9. The van der Waals surface area contributed by atoms with E-state index >= 15 is 4.39 Å². The summed E-state index contributed by atoms with van der Waals surface area (Å²) in [5, 5.41) is 6.00. The summed E-state index contributed by atoms with van der Waals surface area (Å²) in [6.45, 7) is 9.39. The molecular formula is C36H39FN8O3. The summed E-state index contributed by atoms with van der Waals surface area (Å²) >= 11 is 0. The van der Waals surface area contributed by atoms with E-state index in [1.54, 1.807) is 36.8 Å². The van der Waals surface area contributed by atoms with Gasteiger partial charge in [0.25, 0.3) is 5.91 Å². The molecule has 0 saturated carbocycles. The molecule has 3 heterocycles. The number of halogens is 1. The monoisotopic (exact) mass is 650 g/mol. The molecule has 0 aliphatic carbocycles. The average molecular weight is 651 g/mol. The predicted octanol–water partition coefficient (Wildman–Crippen LogP) is 6.22. The number of nitrogens with zero attached hydrogens (tertiary/aromatic N) is 6. The van der Waals surface area contributed by atoms with Crippen molar-refractivity contribution in [2.75, 3.05) is 57.0 Å². The highest BCUT2D eigenvalue weighted by Crippen LogP contribution is 2.29. The van der Waals surface area contributed by atoms with Gasteiger partial charge in [0.05, 0.1) is 12.9 Å². The Morgan fingerprint density at radius 2 is 1.77 bits per heavy atom. The minimum atomic E-state index is -0.501. The fourth-order valence-electron chi connectivity index (χ4n) is 5.43. The van der Waals surface area contributed by atoms with Crippen molar-refractivity contribution in [1.82, 2.24) is 29.3 Å². The molecule has 0 bridgehead atoms. The van der Waals surface area contributed by atoms with Gasteiger partial charge in [0, 0.05) is 74.4 Å². The van der Waals surface area contributed by atoms with Crippen molar-refractivity contribution in [3.8, 4) is 23.1 Å². The number of carbonyl (C=O) groups excluding carboxylic acids is 1. The molecule has 6 rings (SSSR count). The van der Waals surface area contributed by atoms with Crippen LogP contribution in [0.5, 0.6) is 17.4 Å². The second kappa shape index (κ2) is 15.1. The smallest absolute Gasteiger partial charge is 0.262 e. The molecule has 5 aromatic rings. The quantitative estimate of drug-likeness (QED) is 0.152. The third-order valence-electron chi connectivity index (χ3n) is 8.23. The highest BCUT2D eigenvalue weighted by Gasteiger charge is 2.20. The number of rotatable bonds is 12. The first-order valence-electron chi connectivity index (χ1n) is 15.9. The van der Waals surface area contributed by atoms with Crippen LogP contribution in [0.15, 0.2) is 85.6 Å². The molecule has 3 aromatic carbocycles. The first-order valence-corrected chi connectivity index (χ1v) is 15.9. The van der Waals surface area contributed by atoms with Crippen LogP contribution in [0.1, 0.15) is 27.9 Å². The van der Waals surface area contributed by atoms with Gasteiger partial charge in [0.1, 0.15) is 11.3 Å². The lowest BCUT2D eigenvalue weighted by Crippen LogP contribution is -2.44. The predicted molar refractivity (Wildman–Crippen MR) is 183 cm³/mol. The zero-order chi connectivity index (χ0) is 33.5. The Bertz CT molecular complexity index is 1820. The molecule has 1 fully saturated rings. The van der Waals surface area contributed by atoms with Crippen LogP contribution in [-0.4, -0.2) is 81.6 Å². The molecule has 2 N–H and O–H groups in total. The summed E-state index contributed by atoms with van der Waals surface area (Å²) in [7, 11) is 2.13. The van der Waals surface area contributed by atoms with Crippen LogP contribution < -0.4 is 20.1 Å². The molecule has 1 saturated heterocycles. The molecular weight excluding hydrogens is 611 g/mol. The summed E-state index contributed by atoms with van der Waals surface area (Å²) in [4.78, 5) is 31.2. The molecule has 48 heavy (non-hydrogen) atoms. The number of piperazine rings is 1. The van der Waals surface area contributed by atoms with E-state index < -0.39 is 11.7 Å². The van der Waals surface area contributed by atoms with Gasteiger partial charge in [-0.25, -0.2) is 14.4 Å². The third kappa shape index (κ3) is 8.14. The fourth-order valence-corrected chi connectivity index (χ4v) is 5.43. The van der Waals surface area contributed by atoms with E-state index in [0.717, 1.165) is 56.0 Å². The lowest BCUT2D eigenvalue weighted by molar-refractivity contribution is 0.102. The molecule has 0 unspecified atom stereocenters. The summed E-state index contributed by atoms with van der Waals surface area (Å²) < 4.78 is 28.8. The SMILES string of the molecule is Cc1cccc(C)c1NC(=O)c1cnc(Nc2ccc(OCCCN3CCN(C)CC3)c(F)c2)nc1Oc1ccc(-n2ccnc2)cc1. The highest BCUT2D eigenvalue weighted by atomic mass is 19.1. The average Bonchev–Trinajstić information content (AvgIpc) is 3.62. The molecule has 11 nitrogen and oxygen atoms in total. The molecule has 1 aliphatic rings. The number of likely N-dealkylation sites (N-methyl/N-ethyl adjacent to an activating group) is 1. The number of para-hydroxylation sites is 1. The van der Waals surface area contributed by atoms with Gasteiger partial charge < -0.3 is 34.5 Å².